The van der Waals surface area contributed by atoms with Crippen molar-refractivity contribution in [3.05, 3.63) is 35.1 Å². The highest BCUT2D eigenvalue weighted by Crippen LogP contribution is 2.32. The first-order valence-electron chi connectivity index (χ1n) is 9.24. The number of thioether (sulfide) groups is 1. The summed E-state index contributed by atoms with van der Waals surface area (Å²) in [6, 6.07) is 2.18. The molecule has 2 unspecified atom stereocenters. The zero-order valence-corrected chi connectivity index (χ0v) is 15.8. The Labute approximate surface area is 157 Å². The van der Waals surface area contributed by atoms with E-state index in [4.69, 9.17) is 5.73 Å². The van der Waals surface area contributed by atoms with Gasteiger partial charge in [-0.25, -0.2) is 4.98 Å². The lowest BCUT2D eigenvalue weighted by atomic mass is 9.91. The number of fused-ring (bicyclic) bond motifs is 1. The van der Waals surface area contributed by atoms with E-state index in [-0.39, 0.29) is 18.0 Å². The third-order valence-electron chi connectivity index (χ3n) is 5.28. The van der Waals surface area contributed by atoms with Gasteiger partial charge >= 0.3 is 0 Å². The Morgan fingerprint density at radius 2 is 2.27 bits per heavy atom. The zero-order chi connectivity index (χ0) is 18.1. The number of carbonyl (C=O) groups excluding carboxylic acids is 1. The zero-order valence-electron chi connectivity index (χ0n) is 15.0. The van der Waals surface area contributed by atoms with E-state index in [0.717, 1.165) is 65.2 Å². The number of aromatic amines is 1. The molecule has 0 saturated heterocycles. The SMILES string of the molecule is Cc1c[nH]c2nccc(N3C=C(C(=O)NC4CCCCC4N)SCC3)c12. The Morgan fingerprint density at radius 3 is 3.12 bits per heavy atom. The number of aryl methyl sites for hydroxylation is 1. The standard InChI is InChI=1S/C19H25N5OS/c1-12-10-22-18-17(12)15(6-7-21-18)24-8-9-26-16(11-24)19(25)23-14-5-3-2-4-13(14)20/h6-7,10-11,13-14H,2-5,8-9,20H2,1H3,(H,21,22)(H,23,25). The van der Waals surface area contributed by atoms with Gasteiger partial charge in [0.2, 0.25) is 0 Å². The number of hydrogen-bond donors (Lipinski definition) is 3. The van der Waals surface area contributed by atoms with Gasteiger partial charge in [-0.2, -0.15) is 0 Å². The Bertz CT molecular complexity index is 846. The lowest BCUT2D eigenvalue weighted by Gasteiger charge is -2.31. The van der Waals surface area contributed by atoms with Gasteiger partial charge in [0.15, 0.2) is 0 Å². The molecule has 138 valence electrons. The maximum absolute atomic E-state index is 12.8. The number of carbonyl (C=O) groups is 1. The monoisotopic (exact) mass is 371 g/mol. The fourth-order valence-electron chi connectivity index (χ4n) is 3.83. The highest BCUT2D eigenvalue weighted by atomic mass is 32.2. The summed E-state index contributed by atoms with van der Waals surface area (Å²) in [5.41, 5.74) is 9.31. The quantitative estimate of drug-likeness (QED) is 0.772. The van der Waals surface area contributed by atoms with Gasteiger partial charge in [-0.05, 0) is 31.4 Å². The molecule has 1 fully saturated rings. The number of nitrogens with two attached hydrogens (primary N) is 1. The first kappa shape index (κ1) is 17.4. The summed E-state index contributed by atoms with van der Waals surface area (Å²) in [6.07, 6.45) is 10.0. The van der Waals surface area contributed by atoms with Crippen LogP contribution in [0.25, 0.3) is 11.0 Å². The summed E-state index contributed by atoms with van der Waals surface area (Å²) in [4.78, 5) is 23.3. The number of anilines is 1. The number of nitrogens with zero attached hydrogens (tertiary/aromatic N) is 2. The molecule has 7 heteroatoms. The van der Waals surface area contributed by atoms with Crippen LogP contribution in [-0.2, 0) is 4.79 Å². The molecule has 2 aromatic heterocycles. The second-order valence-electron chi connectivity index (χ2n) is 7.09. The molecule has 1 amide bonds. The van der Waals surface area contributed by atoms with Crippen LogP contribution in [0, 0.1) is 6.92 Å². The largest absolute Gasteiger partial charge is 0.347 e. The smallest absolute Gasteiger partial charge is 0.259 e. The summed E-state index contributed by atoms with van der Waals surface area (Å²) >= 11 is 1.61. The molecule has 1 saturated carbocycles. The molecule has 1 aliphatic heterocycles. The third-order valence-corrected chi connectivity index (χ3v) is 6.27. The molecule has 2 aliphatic rings. The van der Waals surface area contributed by atoms with Crippen LogP contribution in [0.15, 0.2) is 29.6 Å². The Hall–Kier alpha value is -1.99. The van der Waals surface area contributed by atoms with E-state index in [1.807, 2.05) is 24.7 Å². The topological polar surface area (TPSA) is 87.0 Å². The van der Waals surface area contributed by atoms with E-state index >= 15 is 0 Å². The molecule has 3 heterocycles. The second-order valence-corrected chi connectivity index (χ2v) is 8.23. The van der Waals surface area contributed by atoms with Crippen molar-refractivity contribution in [3.8, 4) is 0 Å². The van der Waals surface area contributed by atoms with Crippen molar-refractivity contribution in [1.82, 2.24) is 15.3 Å². The fourth-order valence-corrected chi connectivity index (χ4v) is 4.73. The average Bonchev–Trinajstić information content (AvgIpc) is 3.05. The van der Waals surface area contributed by atoms with E-state index in [1.54, 1.807) is 11.8 Å². The minimum atomic E-state index is -0.00172. The van der Waals surface area contributed by atoms with Crippen LogP contribution in [0.4, 0.5) is 5.69 Å². The molecule has 2 atom stereocenters. The number of pyridine rings is 1. The Kier molecular flexibility index (Phi) is 4.91. The van der Waals surface area contributed by atoms with Crippen molar-refractivity contribution in [2.45, 2.75) is 44.7 Å². The van der Waals surface area contributed by atoms with Crippen LogP contribution in [0.1, 0.15) is 31.2 Å². The number of rotatable bonds is 3. The first-order valence-corrected chi connectivity index (χ1v) is 10.2. The van der Waals surface area contributed by atoms with E-state index < -0.39 is 0 Å². The molecule has 0 spiro atoms. The predicted molar refractivity (Wildman–Crippen MR) is 107 cm³/mol. The molecule has 0 radical (unpaired) electrons. The summed E-state index contributed by atoms with van der Waals surface area (Å²) in [7, 11) is 0. The molecular formula is C19H25N5OS. The molecule has 0 bridgehead atoms. The van der Waals surface area contributed by atoms with Crippen molar-refractivity contribution in [1.29, 1.82) is 0 Å². The lowest BCUT2D eigenvalue weighted by molar-refractivity contribution is -0.117. The molecule has 4 rings (SSSR count). The van der Waals surface area contributed by atoms with E-state index in [0.29, 0.717) is 0 Å². The minimum absolute atomic E-state index is 0.00172. The summed E-state index contributed by atoms with van der Waals surface area (Å²) < 4.78 is 0. The molecule has 26 heavy (non-hydrogen) atoms. The van der Waals surface area contributed by atoms with Crippen molar-refractivity contribution in [2.75, 3.05) is 17.2 Å². The fraction of sp³-hybridized carbons (Fsp3) is 0.474. The Balaban J connectivity index is 1.57. The predicted octanol–water partition coefficient (Wildman–Crippen LogP) is 2.65. The van der Waals surface area contributed by atoms with Gasteiger partial charge in [0, 0.05) is 48.4 Å². The van der Waals surface area contributed by atoms with Gasteiger partial charge in [0.25, 0.3) is 5.91 Å². The molecular weight excluding hydrogens is 346 g/mol. The van der Waals surface area contributed by atoms with Gasteiger partial charge < -0.3 is 20.9 Å². The van der Waals surface area contributed by atoms with Crippen LogP contribution in [0.3, 0.4) is 0 Å². The van der Waals surface area contributed by atoms with Crippen molar-refractivity contribution >= 4 is 34.4 Å². The first-order chi connectivity index (χ1) is 12.6. The highest BCUT2D eigenvalue weighted by Gasteiger charge is 2.26. The van der Waals surface area contributed by atoms with Crippen LogP contribution in [0.5, 0.6) is 0 Å². The van der Waals surface area contributed by atoms with Crippen LogP contribution in [0.2, 0.25) is 0 Å². The van der Waals surface area contributed by atoms with Crippen molar-refractivity contribution < 1.29 is 4.79 Å². The second kappa shape index (κ2) is 7.32. The average molecular weight is 372 g/mol. The summed E-state index contributed by atoms with van der Waals surface area (Å²) in [6.45, 7) is 2.94. The summed E-state index contributed by atoms with van der Waals surface area (Å²) in [5, 5.41) is 4.27. The maximum atomic E-state index is 12.8. The highest BCUT2D eigenvalue weighted by molar-refractivity contribution is 8.04. The third kappa shape index (κ3) is 3.33. The van der Waals surface area contributed by atoms with Gasteiger partial charge in [-0.1, -0.05) is 12.8 Å². The number of aromatic nitrogens is 2. The van der Waals surface area contributed by atoms with Crippen LogP contribution >= 0.6 is 11.8 Å². The number of nitrogens with one attached hydrogen (secondary N) is 2. The number of H-pyrrole nitrogens is 1. The van der Waals surface area contributed by atoms with Gasteiger partial charge in [-0.3, -0.25) is 4.79 Å². The number of hydrogen-bond acceptors (Lipinski definition) is 5. The normalized spacial score (nSPS) is 23.8. The molecule has 1 aliphatic carbocycles. The van der Waals surface area contributed by atoms with Gasteiger partial charge in [-0.15, -0.1) is 11.8 Å². The molecule has 4 N–H and O–H groups in total. The van der Waals surface area contributed by atoms with Crippen molar-refractivity contribution in [3.63, 3.8) is 0 Å². The van der Waals surface area contributed by atoms with E-state index in [2.05, 4.69) is 27.1 Å². The number of amides is 1. The van der Waals surface area contributed by atoms with Gasteiger partial charge in [0.1, 0.15) is 5.65 Å². The molecule has 6 nitrogen and oxygen atoms in total. The molecule has 2 aromatic rings. The van der Waals surface area contributed by atoms with Crippen molar-refractivity contribution in [2.24, 2.45) is 5.73 Å². The molecule has 0 aromatic carbocycles. The van der Waals surface area contributed by atoms with E-state index in [9.17, 15) is 4.79 Å². The van der Waals surface area contributed by atoms with Crippen LogP contribution in [-0.4, -0.2) is 40.3 Å². The Morgan fingerprint density at radius 1 is 1.42 bits per heavy atom. The van der Waals surface area contributed by atoms with E-state index in [1.165, 1.54) is 0 Å². The maximum Gasteiger partial charge on any atom is 0.259 e. The lowest BCUT2D eigenvalue weighted by Crippen LogP contribution is -2.49. The summed E-state index contributed by atoms with van der Waals surface area (Å²) in [5.74, 6) is 0.877. The van der Waals surface area contributed by atoms with Gasteiger partial charge in [0.05, 0.1) is 10.6 Å². The minimum Gasteiger partial charge on any atom is -0.347 e. The van der Waals surface area contributed by atoms with Crippen LogP contribution < -0.4 is 16.0 Å².